The lowest BCUT2D eigenvalue weighted by molar-refractivity contribution is -0.151. The van der Waals surface area contributed by atoms with Gasteiger partial charge in [-0.1, -0.05) is 29.8 Å². The van der Waals surface area contributed by atoms with Crippen molar-refractivity contribution in [2.45, 2.75) is 6.92 Å². The predicted molar refractivity (Wildman–Crippen MR) is 62.1 cm³/mol. The summed E-state index contributed by atoms with van der Waals surface area (Å²) in [6.45, 7) is 1.84. The molecule has 3 nitrogen and oxygen atoms in total. The first kappa shape index (κ1) is 12.5. The maximum absolute atomic E-state index is 11.2. The summed E-state index contributed by atoms with van der Waals surface area (Å²) >= 11 is 5.70. The molecule has 0 spiro atoms. The summed E-state index contributed by atoms with van der Waals surface area (Å²) in [4.78, 5) is 22.2. The molecule has 0 radical (unpaired) electrons. The van der Waals surface area contributed by atoms with E-state index in [2.05, 4.69) is 4.74 Å². The molecule has 1 rings (SSSR count). The zero-order chi connectivity index (χ0) is 12.0. The number of rotatable bonds is 4. The van der Waals surface area contributed by atoms with Gasteiger partial charge in [0.25, 0.3) is 5.78 Å². The first-order chi connectivity index (χ1) is 7.63. The maximum atomic E-state index is 11.2. The third-order valence-corrected chi connectivity index (χ3v) is 2.03. The van der Waals surface area contributed by atoms with Crippen molar-refractivity contribution in [1.29, 1.82) is 0 Å². The van der Waals surface area contributed by atoms with Crippen LogP contribution in [0.1, 0.15) is 12.5 Å². The average molecular weight is 239 g/mol. The highest BCUT2D eigenvalue weighted by atomic mass is 35.5. The zero-order valence-corrected chi connectivity index (χ0v) is 9.53. The summed E-state index contributed by atoms with van der Waals surface area (Å²) in [7, 11) is 0. The molecule has 0 amide bonds. The van der Waals surface area contributed by atoms with E-state index in [0.717, 1.165) is 5.56 Å². The number of ether oxygens (including phenoxy) is 1. The van der Waals surface area contributed by atoms with Gasteiger partial charge in [0, 0.05) is 5.02 Å². The van der Waals surface area contributed by atoms with Crippen LogP contribution >= 0.6 is 11.6 Å². The molecule has 16 heavy (non-hydrogen) atoms. The van der Waals surface area contributed by atoms with E-state index in [1.165, 1.54) is 12.2 Å². The van der Waals surface area contributed by atoms with E-state index >= 15 is 0 Å². The lowest BCUT2D eigenvalue weighted by Crippen LogP contribution is -2.14. The number of hydrogen-bond acceptors (Lipinski definition) is 3. The van der Waals surface area contributed by atoms with Crippen LogP contribution in [0, 0.1) is 0 Å². The van der Waals surface area contributed by atoms with Gasteiger partial charge in [0.1, 0.15) is 0 Å². The molecule has 1 aromatic carbocycles. The quantitative estimate of drug-likeness (QED) is 0.460. The van der Waals surface area contributed by atoms with Gasteiger partial charge >= 0.3 is 5.97 Å². The van der Waals surface area contributed by atoms with E-state index in [1.807, 2.05) is 0 Å². The average Bonchev–Trinajstić information content (AvgIpc) is 2.28. The van der Waals surface area contributed by atoms with Gasteiger partial charge < -0.3 is 4.74 Å². The molecule has 0 heterocycles. The van der Waals surface area contributed by atoms with Crippen molar-refractivity contribution >= 4 is 29.4 Å². The van der Waals surface area contributed by atoms with Crippen LogP contribution in [0.25, 0.3) is 6.08 Å². The molecule has 0 aliphatic heterocycles. The van der Waals surface area contributed by atoms with Gasteiger partial charge in [0.15, 0.2) is 0 Å². The molecule has 84 valence electrons. The Morgan fingerprint density at radius 3 is 2.50 bits per heavy atom. The maximum Gasteiger partial charge on any atom is 0.379 e. The normalized spacial score (nSPS) is 10.4. The Morgan fingerprint density at radius 1 is 1.31 bits per heavy atom. The lowest BCUT2D eigenvalue weighted by Gasteiger charge is -1.96. The molecule has 0 aliphatic carbocycles. The van der Waals surface area contributed by atoms with Crippen LogP contribution < -0.4 is 0 Å². The van der Waals surface area contributed by atoms with E-state index in [9.17, 15) is 9.59 Å². The number of carbonyl (C=O) groups is 2. The monoisotopic (exact) mass is 238 g/mol. The fourth-order valence-corrected chi connectivity index (χ4v) is 1.14. The summed E-state index contributed by atoms with van der Waals surface area (Å²) in [6.07, 6.45) is 2.72. The van der Waals surface area contributed by atoms with Crippen LogP contribution in [0.3, 0.4) is 0 Å². The van der Waals surface area contributed by atoms with Crippen LogP contribution in [0.5, 0.6) is 0 Å². The van der Waals surface area contributed by atoms with Crippen molar-refractivity contribution in [1.82, 2.24) is 0 Å². The standard InChI is InChI=1S/C12H11ClO3/c1-2-16-12(15)11(14)8-5-9-3-6-10(13)7-4-9/h3-8H,2H2,1H3. The number of hydrogen-bond donors (Lipinski definition) is 0. The van der Waals surface area contributed by atoms with Gasteiger partial charge in [-0.15, -0.1) is 0 Å². The minimum Gasteiger partial charge on any atom is -0.460 e. The molecule has 0 N–H and O–H groups in total. The van der Waals surface area contributed by atoms with Gasteiger partial charge in [-0.05, 0) is 30.7 Å². The summed E-state index contributed by atoms with van der Waals surface area (Å²) in [5.74, 6) is -1.51. The van der Waals surface area contributed by atoms with Crippen molar-refractivity contribution in [3.63, 3.8) is 0 Å². The molecule has 0 unspecified atom stereocenters. The number of ketones is 1. The Balaban J connectivity index is 2.63. The molecule has 1 aromatic rings. The van der Waals surface area contributed by atoms with Gasteiger partial charge in [-0.25, -0.2) is 4.79 Å². The van der Waals surface area contributed by atoms with Crippen LogP contribution in [-0.4, -0.2) is 18.4 Å². The van der Waals surface area contributed by atoms with Gasteiger partial charge in [-0.2, -0.15) is 0 Å². The van der Waals surface area contributed by atoms with Crippen LogP contribution in [0.4, 0.5) is 0 Å². The van der Waals surface area contributed by atoms with Gasteiger partial charge in [0.2, 0.25) is 0 Å². The fourth-order valence-electron chi connectivity index (χ4n) is 1.02. The minimum absolute atomic E-state index is 0.194. The highest BCUT2D eigenvalue weighted by Gasteiger charge is 2.09. The van der Waals surface area contributed by atoms with Crippen LogP contribution in [-0.2, 0) is 14.3 Å². The molecular formula is C12H11ClO3. The Bertz CT molecular complexity index is 407. The highest BCUT2D eigenvalue weighted by Crippen LogP contribution is 2.10. The molecule has 0 saturated heterocycles. The molecule has 0 bridgehead atoms. The van der Waals surface area contributed by atoms with Crippen LogP contribution in [0.15, 0.2) is 30.3 Å². The lowest BCUT2D eigenvalue weighted by atomic mass is 10.2. The minimum atomic E-state index is -0.840. The second kappa shape index (κ2) is 6.08. The molecule has 0 aromatic heterocycles. The zero-order valence-electron chi connectivity index (χ0n) is 8.77. The topological polar surface area (TPSA) is 43.4 Å². The first-order valence-electron chi connectivity index (χ1n) is 4.78. The molecule has 0 atom stereocenters. The van der Waals surface area contributed by atoms with Crippen molar-refractivity contribution in [2.24, 2.45) is 0 Å². The number of esters is 1. The molecule has 0 aliphatic rings. The first-order valence-corrected chi connectivity index (χ1v) is 5.16. The second-order valence-corrected chi connectivity index (χ2v) is 3.41. The largest absolute Gasteiger partial charge is 0.460 e. The fraction of sp³-hybridized carbons (Fsp3) is 0.167. The Morgan fingerprint density at radius 2 is 1.94 bits per heavy atom. The van der Waals surface area contributed by atoms with Gasteiger partial charge in [-0.3, -0.25) is 4.79 Å². The highest BCUT2D eigenvalue weighted by molar-refractivity contribution is 6.39. The summed E-state index contributed by atoms with van der Waals surface area (Å²) in [5, 5.41) is 0.619. The molecule has 0 fully saturated rings. The van der Waals surface area contributed by atoms with Crippen molar-refractivity contribution < 1.29 is 14.3 Å². The Kier molecular flexibility index (Phi) is 4.73. The van der Waals surface area contributed by atoms with E-state index in [0.29, 0.717) is 5.02 Å². The third-order valence-electron chi connectivity index (χ3n) is 1.77. The Labute approximate surface area is 98.7 Å². The summed E-state index contributed by atoms with van der Waals surface area (Å²) in [5.41, 5.74) is 0.794. The van der Waals surface area contributed by atoms with E-state index in [-0.39, 0.29) is 6.61 Å². The number of halogens is 1. The van der Waals surface area contributed by atoms with Crippen molar-refractivity contribution in [3.8, 4) is 0 Å². The van der Waals surface area contributed by atoms with E-state index < -0.39 is 11.8 Å². The predicted octanol–water partition coefficient (Wildman–Crippen LogP) is 2.49. The van der Waals surface area contributed by atoms with Crippen molar-refractivity contribution in [2.75, 3.05) is 6.61 Å². The summed E-state index contributed by atoms with van der Waals surface area (Å²) < 4.78 is 4.55. The SMILES string of the molecule is CCOC(=O)C(=O)C=Cc1ccc(Cl)cc1. The second-order valence-electron chi connectivity index (χ2n) is 2.97. The van der Waals surface area contributed by atoms with Gasteiger partial charge in [0.05, 0.1) is 6.61 Å². The number of carbonyl (C=O) groups excluding carboxylic acids is 2. The summed E-state index contributed by atoms with van der Waals surface area (Å²) in [6, 6.07) is 6.90. The third kappa shape index (κ3) is 3.87. The molecule has 4 heteroatoms. The van der Waals surface area contributed by atoms with E-state index in [1.54, 1.807) is 31.2 Å². The molecular weight excluding hydrogens is 228 g/mol. The van der Waals surface area contributed by atoms with E-state index in [4.69, 9.17) is 11.6 Å². The Hall–Kier alpha value is -1.61. The smallest absolute Gasteiger partial charge is 0.379 e. The van der Waals surface area contributed by atoms with Crippen molar-refractivity contribution in [3.05, 3.63) is 40.9 Å². The van der Waals surface area contributed by atoms with Crippen LogP contribution in [0.2, 0.25) is 5.02 Å². The molecule has 0 saturated carbocycles. The number of benzene rings is 1.